The second-order valence-corrected chi connectivity index (χ2v) is 3.62. The second-order valence-electron chi connectivity index (χ2n) is 3.62. The maximum atomic E-state index is 11.2. The Hall–Kier alpha value is -1.94. The fraction of sp³-hybridized carbons (Fsp3) is 0.286. The lowest BCUT2D eigenvalue weighted by molar-refractivity contribution is -0.144. The van der Waals surface area contributed by atoms with E-state index in [0.29, 0.717) is 6.61 Å². The van der Waals surface area contributed by atoms with Crippen LogP contribution in [-0.2, 0) is 19.1 Å². The van der Waals surface area contributed by atoms with E-state index in [4.69, 9.17) is 4.74 Å². The van der Waals surface area contributed by atoms with Crippen LogP contribution >= 0.6 is 0 Å². The molecule has 96 valence electrons. The van der Waals surface area contributed by atoms with E-state index < -0.39 is 5.97 Å². The highest BCUT2D eigenvalue weighted by molar-refractivity contribution is 5.96. The van der Waals surface area contributed by atoms with Gasteiger partial charge in [0.05, 0.1) is 13.7 Å². The van der Waals surface area contributed by atoms with Gasteiger partial charge < -0.3 is 9.47 Å². The first kappa shape index (κ1) is 14.1. The van der Waals surface area contributed by atoms with Crippen molar-refractivity contribution < 1.29 is 19.1 Å². The number of ether oxygens (including phenoxy) is 2. The summed E-state index contributed by atoms with van der Waals surface area (Å²) in [5, 5.41) is 0. The van der Waals surface area contributed by atoms with E-state index in [1.807, 2.05) is 42.5 Å². The number of hydrogen-bond acceptors (Lipinski definition) is 4. The molecule has 0 aliphatic heterocycles. The Morgan fingerprint density at radius 3 is 2.61 bits per heavy atom. The molecule has 1 aromatic carbocycles. The molecule has 0 spiro atoms. The lowest BCUT2D eigenvalue weighted by Gasteiger charge is -2.00. The Labute approximate surface area is 106 Å². The zero-order valence-corrected chi connectivity index (χ0v) is 10.3. The molecule has 0 heterocycles. The third-order valence-electron chi connectivity index (χ3n) is 2.16. The van der Waals surface area contributed by atoms with Gasteiger partial charge in [-0.3, -0.25) is 9.59 Å². The Balaban J connectivity index is 2.17. The molecule has 0 amide bonds. The molecule has 1 rings (SSSR count). The van der Waals surface area contributed by atoms with Crippen molar-refractivity contribution in [3.63, 3.8) is 0 Å². The maximum Gasteiger partial charge on any atom is 0.313 e. The molecule has 0 saturated heterocycles. The molecule has 0 saturated carbocycles. The smallest absolute Gasteiger partial charge is 0.313 e. The average Bonchev–Trinajstić information content (AvgIpc) is 2.39. The number of rotatable bonds is 7. The molecule has 0 bridgehead atoms. The first-order chi connectivity index (χ1) is 8.72. The van der Waals surface area contributed by atoms with Crippen LogP contribution in [0.25, 0.3) is 6.08 Å². The average molecular weight is 248 g/mol. The van der Waals surface area contributed by atoms with Crippen molar-refractivity contribution in [2.24, 2.45) is 0 Å². The molecule has 0 atom stereocenters. The lowest BCUT2D eigenvalue weighted by Crippen LogP contribution is -2.14. The van der Waals surface area contributed by atoms with Crippen molar-refractivity contribution in [1.29, 1.82) is 0 Å². The van der Waals surface area contributed by atoms with Crippen LogP contribution in [0.1, 0.15) is 12.0 Å². The first-order valence-electron chi connectivity index (χ1n) is 5.60. The van der Waals surface area contributed by atoms with Gasteiger partial charge in [0.2, 0.25) is 0 Å². The minimum absolute atomic E-state index is 0.0752. The molecule has 0 unspecified atom stereocenters. The summed E-state index contributed by atoms with van der Waals surface area (Å²) in [7, 11) is 1.25. The van der Waals surface area contributed by atoms with Crippen LogP contribution in [-0.4, -0.2) is 32.1 Å². The maximum absolute atomic E-state index is 11.2. The highest BCUT2D eigenvalue weighted by atomic mass is 16.5. The fourth-order valence-electron chi connectivity index (χ4n) is 1.27. The van der Waals surface area contributed by atoms with E-state index in [1.165, 1.54) is 7.11 Å². The summed E-state index contributed by atoms with van der Waals surface area (Å²) in [4.78, 5) is 22.0. The molecule has 0 N–H and O–H groups in total. The van der Waals surface area contributed by atoms with Crippen LogP contribution < -0.4 is 0 Å². The lowest BCUT2D eigenvalue weighted by atomic mass is 10.2. The summed E-state index contributed by atoms with van der Waals surface area (Å²) in [6.45, 7) is 0.260. The van der Waals surface area contributed by atoms with Crippen LogP contribution in [0.5, 0.6) is 0 Å². The van der Waals surface area contributed by atoms with Crippen molar-refractivity contribution in [3.8, 4) is 0 Å². The summed E-state index contributed by atoms with van der Waals surface area (Å²) < 4.78 is 9.50. The van der Waals surface area contributed by atoms with Gasteiger partial charge in [-0.05, 0) is 5.56 Å². The summed E-state index contributed by atoms with van der Waals surface area (Å²) in [6, 6.07) is 9.78. The molecule has 18 heavy (non-hydrogen) atoms. The summed E-state index contributed by atoms with van der Waals surface area (Å²) in [5.74, 6) is -0.821. The molecular formula is C14H16O4. The topological polar surface area (TPSA) is 52.6 Å². The number of hydrogen-bond donors (Lipinski definition) is 0. The Morgan fingerprint density at radius 2 is 1.94 bits per heavy atom. The van der Waals surface area contributed by atoms with Crippen molar-refractivity contribution in [1.82, 2.24) is 0 Å². The van der Waals surface area contributed by atoms with Crippen molar-refractivity contribution in [2.45, 2.75) is 6.42 Å². The van der Waals surface area contributed by atoms with Crippen LogP contribution in [0.2, 0.25) is 0 Å². The number of esters is 1. The van der Waals surface area contributed by atoms with Gasteiger partial charge in [0.15, 0.2) is 5.78 Å². The number of Topliss-reactive ketones (excluding diaryl/α,β-unsaturated/α-hetero) is 1. The Kier molecular flexibility index (Phi) is 6.43. The number of methoxy groups -OCH3 is 1. The van der Waals surface area contributed by atoms with Gasteiger partial charge in [0.25, 0.3) is 0 Å². The number of carbonyl (C=O) groups excluding carboxylic acids is 2. The number of benzene rings is 1. The van der Waals surface area contributed by atoms with Crippen LogP contribution in [0, 0.1) is 0 Å². The summed E-state index contributed by atoms with van der Waals surface area (Å²) in [6.07, 6.45) is 3.49. The van der Waals surface area contributed by atoms with Crippen LogP contribution in [0.3, 0.4) is 0 Å². The van der Waals surface area contributed by atoms with Gasteiger partial charge in [-0.25, -0.2) is 0 Å². The highest BCUT2D eigenvalue weighted by Gasteiger charge is 2.08. The van der Waals surface area contributed by atoms with E-state index in [0.717, 1.165) is 5.56 Å². The predicted molar refractivity (Wildman–Crippen MR) is 67.9 cm³/mol. The first-order valence-corrected chi connectivity index (χ1v) is 5.60. The molecule has 4 nitrogen and oxygen atoms in total. The number of ketones is 1. The number of carbonyl (C=O) groups is 2. The largest absolute Gasteiger partial charge is 0.469 e. The van der Waals surface area contributed by atoms with Gasteiger partial charge in [-0.2, -0.15) is 0 Å². The zero-order chi connectivity index (χ0) is 13.2. The van der Waals surface area contributed by atoms with E-state index in [9.17, 15) is 9.59 Å². The molecule has 0 fully saturated rings. The molecule has 0 aliphatic rings. The van der Waals surface area contributed by atoms with Gasteiger partial charge in [-0.15, -0.1) is 0 Å². The summed E-state index contributed by atoms with van der Waals surface area (Å²) >= 11 is 0. The minimum atomic E-state index is -0.538. The summed E-state index contributed by atoms with van der Waals surface area (Å²) in [5.41, 5.74) is 1.07. The van der Waals surface area contributed by atoms with Gasteiger partial charge in [0, 0.05) is 0 Å². The van der Waals surface area contributed by atoms with Crippen molar-refractivity contribution >= 4 is 17.8 Å². The minimum Gasteiger partial charge on any atom is -0.469 e. The van der Waals surface area contributed by atoms with Crippen LogP contribution in [0.15, 0.2) is 36.4 Å². The monoisotopic (exact) mass is 248 g/mol. The van der Waals surface area contributed by atoms with Crippen molar-refractivity contribution in [2.75, 3.05) is 20.3 Å². The SMILES string of the molecule is COC(=O)CC(=O)COC/C=C/c1ccccc1. The molecular weight excluding hydrogens is 232 g/mol. The van der Waals surface area contributed by atoms with Gasteiger partial charge in [-0.1, -0.05) is 42.5 Å². The van der Waals surface area contributed by atoms with Crippen LogP contribution in [0.4, 0.5) is 0 Å². The highest BCUT2D eigenvalue weighted by Crippen LogP contribution is 2.00. The zero-order valence-electron chi connectivity index (χ0n) is 10.3. The van der Waals surface area contributed by atoms with Gasteiger partial charge in [0.1, 0.15) is 13.0 Å². The molecule has 0 radical (unpaired) electrons. The normalized spacial score (nSPS) is 10.5. The predicted octanol–water partition coefficient (Wildman–Crippen LogP) is 1.85. The molecule has 4 heteroatoms. The van der Waals surface area contributed by atoms with E-state index >= 15 is 0 Å². The van der Waals surface area contributed by atoms with E-state index in [1.54, 1.807) is 0 Å². The Morgan fingerprint density at radius 1 is 1.22 bits per heavy atom. The molecule has 0 aromatic heterocycles. The standard InChI is InChI=1S/C14H16O4/c1-17-14(16)10-13(15)11-18-9-5-8-12-6-3-2-4-7-12/h2-8H,9-11H2,1H3/b8-5+. The quantitative estimate of drug-likeness (QED) is 0.420. The third-order valence-corrected chi connectivity index (χ3v) is 2.16. The van der Waals surface area contributed by atoms with E-state index in [-0.39, 0.29) is 18.8 Å². The second kappa shape index (κ2) is 8.20. The third kappa shape index (κ3) is 5.96. The van der Waals surface area contributed by atoms with Gasteiger partial charge >= 0.3 is 5.97 Å². The molecule has 1 aromatic rings. The van der Waals surface area contributed by atoms with E-state index in [2.05, 4.69) is 4.74 Å². The van der Waals surface area contributed by atoms with Crippen molar-refractivity contribution in [3.05, 3.63) is 42.0 Å². The Bertz CT molecular complexity index is 409. The fourth-order valence-corrected chi connectivity index (χ4v) is 1.27. The molecule has 0 aliphatic carbocycles.